The van der Waals surface area contributed by atoms with Crippen molar-refractivity contribution in [2.75, 3.05) is 21.3 Å². The largest absolute Gasteiger partial charge is 0.497 e. The van der Waals surface area contributed by atoms with Crippen LogP contribution in [0.3, 0.4) is 0 Å². The lowest BCUT2D eigenvalue weighted by Crippen LogP contribution is -2.15. The Kier molecular flexibility index (Phi) is 41.1. The molecule has 0 saturated heterocycles. The Hall–Kier alpha value is -7.00. The Morgan fingerprint density at radius 3 is 0.978 bits per heavy atom. The molecule has 0 spiro atoms. The summed E-state index contributed by atoms with van der Waals surface area (Å²) in [6.07, 6.45) is 0. The molecule has 0 aromatic heterocycles. The SMILES string of the molecule is CO.COc1ccc(C(=O)c2ccc(C)c(S(N)(=O)=O)c2)cc1.COc1ccccc1.Cc1ccc(C(=O)Cl)cc1S(N)(=O)=O.Cc1ccc(C(=O)O)cc1.Cc1ccc(C(=O)O)cc1S(=O)(=O)Cl.Cc1ccc(C(=O)O)cc1S(N)(=O)=O.N.O=S(=O)(O)Cl.O=S(Cl)Cl. The van der Waals surface area contributed by atoms with Gasteiger partial charge in [-0.25, -0.2) is 67.7 Å². The van der Waals surface area contributed by atoms with Crippen molar-refractivity contribution in [3.63, 3.8) is 0 Å². The van der Waals surface area contributed by atoms with E-state index in [0.29, 0.717) is 39.1 Å². The summed E-state index contributed by atoms with van der Waals surface area (Å²) in [5, 5.41) is 47.0. The molecule has 0 heterocycles. The van der Waals surface area contributed by atoms with Gasteiger partial charge in [-0.3, -0.25) is 14.1 Å². The number of carbonyl (C=O) groups is 5. The van der Waals surface area contributed by atoms with E-state index in [1.54, 1.807) is 95.5 Å². The van der Waals surface area contributed by atoms with E-state index in [1.807, 2.05) is 37.3 Å². The molecule has 7 rings (SSSR count). The number of rotatable bonds is 12. The number of primary sulfonamides is 3. The molecule has 0 amide bonds. The fourth-order valence-corrected chi connectivity index (χ4v) is 10.0. The lowest BCUT2D eigenvalue weighted by molar-refractivity contribution is 0.0685. The quantitative estimate of drug-likeness (QED) is 0.0312. The predicted molar refractivity (Wildman–Crippen MR) is 354 cm³/mol. The van der Waals surface area contributed by atoms with Gasteiger partial charge in [-0.1, -0.05) is 66.2 Å². The van der Waals surface area contributed by atoms with Crippen LogP contribution in [0.1, 0.15) is 85.2 Å². The third-order valence-electron chi connectivity index (χ3n) is 10.5. The fourth-order valence-electron chi connectivity index (χ4n) is 6.27. The van der Waals surface area contributed by atoms with Gasteiger partial charge >= 0.3 is 27.2 Å². The molecule has 14 N–H and O–H groups in total. The van der Waals surface area contributed by atoms with E-state index >= 15 is 0 Å². The molecule has 7 aromatic rings. The van der Waals surface area contributed by atoms with E-state index in [1.165, 1.54) is 55.6 Å². The van der Waals surface area contributed by atoms with Crippen molar-refractivity contribution >= 4 is 141 Å². The number of hydrogen-bond donors (Lipinski definition) is 9. The molecule has 0 radical (unpaired) electrons. The lowest BCUT2D eigenvalue weighted by Gasteiger charge is -2.07. The minimum absolute atomic E-state index is 0. The molecule has 27 nitrogen and oxygen atoms in total. The summed E-state index contributed by atoms with van der Waals surface area (Å²) in [5.74, 6) is -1.97. The average molecular weight is 1520 g/mol. The minimum Gasteiger partial charge on any atom is -0.497 e. The van der Waals surface area contributed by atoms with Gasteiger partial charge in [0.05, 0.1) is 50.5 Å². The molecule has 38 heteroatoms. The number of aliphatic hydroxyl groups excluding tert-OH is 1. The van der Waals surface area contributed by atoms with Gasteiger partial charge in [0.2, 0.25) is 39.3 Å². The summed E-state index contributed by atoms with van der Waals surface area (Å²) < 4.78 is 133. The van der Waals surface area contributed by atoms with Crippen LogP contribution in [0.4, 0.5) is 0 Å². The van der Waals surface area contributed by atoms with Gasteiger partial charge in [0.1, 0.15) is 11.5 Å². The molecule has 93 heavy (non-hydrogen) atoms. The van der Waals surface area contributed by atoms with Gasteiger partial charge in [0.25, 0.3) is 14.3 Å². The number of carbonyl (C=O) groups excluding carboxylic acids is 2. The fraction of sp³-hybridized carbons (Fsp3) is 0.145. The highest BCUT2D eigenvalue weighted by atomic mass is 36.0. The van der Waals surface area contributed by atoms with E-state index in [-0.39, 0.29) is 53.8 Å². The van der Waals surface area contributed by atoms with Gasteiger partial charge < -0.3 is 36.1 Å². The lowest BCUT2D eigenvalue weighted by atomic mass is 10.0. The van der Waals surface area contributed by atoms with Crippen molar-refractivity contribution < 1.29 is 105 Å². The van der Waals surface area contributed by atoms with Crippen LogP contribution >= 0.6 is 54.3 Å². The van der Waals surface area contributed by atoms with Crippen molar-refractivity contribution in [2.24, 2.45) is 15.4 Å². The van der Waals surface area contributed by atoms with E-state index in [9.17, 15) is 57.6 Å². The summed E-state index contributed by atoms with van der Waals surface area (Å²) in [7, 11) is 1.15. The standard InChI is InChI=1S/C15H15NO4S.C8H8ClNO3S.C8H7ClO4S.C8H9NO4S.C8H8O2.C7H8O.CH4O.Cl2OS.ClHO3S.H3N/c1-10-3-4-12(9-14(10)21(16,18)19)15(17)11-5-7-13(20-2)8-6-11;1-5-2-3-6(8(9)11)4-7(5)14(10,12)13;2*1-5-2-3-6(8(10)11)4-7(5)14(9,12)13;1-6-2-4-7(5-3-6)8(9)10;1-8-7-5-3-2-4-6-7;1-2;1-4(2)3;1-5(2,3)4;/h3-9H,1-2H3,(H2,16,18,19);2-4H,1H3,(H2,10,12,13);2-4H,1H3,(H,10,11);2-4H,1H3,(H,10,11)(H2,9,12,13);2-5H,1H3,(H,9,10);2-6H,1H3;2H,1H3;;(H,2,3,4);1H3. The molecular formula is C55H63Cl5N4O23S6. The van der Waals surface area contributed by atoms with E-state index in [4.69, 9.17) is 84.8 Å². The predicted octanol–water partition coefficient (Wildman–Crippen LogP) is 9.09. The highest BCUT2D eigenvalue weighted by Crippen LogP contribution is 2.23. The van der Waals surface area contributed by atoms with Crippen LogP contribution in [0.15, 0.2) is 171 Å². The molecule has 0 aliphatic rings. The summed E-state index contributed by atoms with van der Waals surface area (Å²) in [5.41, 5.74) is 3.88. The second-order valence-corrected chi connectivity index (χ2v) is 29.2. The molecule has 0 bridgehead atoms. The van der Waals surface area contributed by atoms with E-state index < -0.39 is 80.8 Å². The van der Waals surface area contributed by atoms with Crippen molar-refractivity contribution in [3.05, 3.63) is 213 Å². The Morgan fingerprint density at radius 1 is 0.430 bits per heavy atom. The number of carboxylic acid groups (broad SMARTS) is 3. The number of aryl methyl sites for hydroxylation is 5. The first-order chi connectivity index (χ1) is 42.1. The maximum Gasteiger partial charge on any atom is 0.353 e. The molecule has 0 aliphatic heterocycles. The first-order valence-electron chi connectivity index (χ1n) is 24.2. The summed E-state index contributed by atoms with van der Waals surface area (Å²) >= 11 is 5.20. The number of aliphatic hydroxyl groups is 1. The van der Waals surface area contributed by atoms with Gasteiger partial charge in [-0.15, -0.1) is 0 Å². The molecule has 0 unspecified atom stereocenters. The molecular weight excluding hydrogens is 1450 g/mol. The summed E-state index contributed by atoms with van der Waals surface area (Å²) in [6.45, 7) is 8.22. The maximum absolute atomic E-state index is 12.4. The number of ketones is 1. The van der Waals surface area contributed by atoms with Crippen molar-refractivity contribution in [2.45, 2.75) is 54.2 Å². The zero-order valence-corrected chi connectivity index (χ0v) is 58.5. The third-order valence-corrected chi connectivity index (χ3v) is 15.4. The smallest absolute Gasteiger partial charge is 0.353 e. The third kappa shape index (κ3) is 37.5. The van der Waals surface area contributed by atoms with Crippen LogP contribution in [-0.2, 0) is 57.7 Å². The van der Waals surface area contributed by atoms with Crippen LogP contribution in [0.25, 0.3) is 0 Å². The number of methoxy groups -OCH3 is 2. The highest BCUT2D eigenvalue weighted by molar-refractivity contribution is 8.26. The molecule has 0 saturated carbocycles. The highest BCUT2D eigenvalue weighted by Gasteiger charge is 2.19. The zero-order chi connectivity index (χ0) is 71.9. The van der Waals surface area contributed by atoms with Crippen molar-refractivity contribution in [1.29, 1.82) is 0 Å². The summed E-state index contributed by atoms with van der Waals surface area (Å²) in [6, 6.07) is 39.1. The molecule has 0 atom stereocenters. The number of carboxylic acids is 3. The number of aromatic carboxylic acids is 3. The van der Waals surface area contributed by atoms with Crippen molar-refractivity contribution in [1.82, 2.24) is 6.15 Å². The normalized spacial score (nSPS) is 10.4. The molecule has 7 aromatic carbocycles. The maximum atomic E-state index is 12.4. The average Bonchev–Trinajstić information content (AvgIpc) is 0.866. The number of sulfonamides is 3. The molecule has 0 aliphatic carbocycles. The molecule has 512 valence electrons. The first kappa shape index (κ1) is 90.2. The number of para-hydroxylation sites is 1. The Bertz CT molecular complexity index is 4040. The van der Waals surface area contributed by atoms with Gasteiger partial charge in [0, 0.05) is 66.5 Å². The Balaban J connectivity index is -0.00000103. The first-order valence-corrected chi connectivity index (χ1v) is 36.6. The second-order valence-electron chi connectivity index (χ2n) is 17.2. The number of ether oxygens (including phenoxy) is 2. The monoisotopic (exact) mass is 1510 g/mol. The van der Waals surface area contributed by atoms with Crippen LogP contribution < -0.4 is 31.0 Å². The van der Waals surface area contributed by atoms with Crippen molar-refractivity contribution in [3.8, 4) is 11.5 Å². The van der Waals surface area contributed by atoms with Crippen LogP contribution in [0, 0.1) is 34.6 Å². The van der Waals surface area contributed by atoms with Crippen LogP contribution in [0.2, 0.25) is 0 Å². The minimum atomic E-state index is -4.19. The number of benzene rings is 7. The van der Waals surface area contributed by atoms with E-state index in [0.717, 1.165) is 30.6 Å². The number of nitrogens with two attached hydrogens (primary N) is 3. The van der Waals surface area contributed by atoms with E-state index in [2.05, 4.69) is 32.0 Å². The van der Waals surface area contributed by atoms with Gasteiger partial charge in [0.15, 0.2) is 5.78 Å². The Labute approximate surface area is 562 Å². The summed E-state index contributed by atoms with van der Waals surface area (Å²) in [4.78, 5) is 54.1. The number of halogens is 5. The van der Waals surface area contributed by atoms with Crippen LogP contribution in [-0.4, -0.2) is 122 Å². The van der Waals surface area contributed by atoms with Gasteiger partial charge in [-0.05, 0) is 159 Å². The number of hydrogen-bond acceptors (Lipinski definition) is 20. The molecule has 0 fully saturated rings. The Morgan fingerprint density at radius 2 is 0.688 bits per heavy atom. The zero-order valence-electron chi connectivity index (χ0n) is 49.8. The van der Waals surface area contributed by atoms with Gasteiger partial charge in [-0.2, -0.15) is 8.42 Å². The van der Waals surface area contributed by atoms with Crippen LogP contribution in [0.5, 0.6) is 11.5 Å². The topological polar surface area (TPSA) is 506 Å². The second kappa shape index (κ2) is 42.4.